The maximum Gasteiger partial charge on any atom is 0.335 e. The molecule has 0 radical (unpaired) electrons. The quantitative estimate of drug-likeness (QED) is 0.207. The number of rotatable bonds is 10. The van der Waals surface area contributed by atoms with E-state index in [9.17, 15) is 14.3 Å². The molecule has 0 aliphatic carbocycles. The Morgan fingerprint density at radius 2 is 1.77 bits per heavy atom. The predicted octanol–water partition coefficient (Wildman–Crippen LogP) is 6.54. The molecule has 5 aromatic rings. The standard InChI is InChI=1S/C30H24ClF2N3O4/c1-39-12-11-36-27-14-20(30(37)38)8-10-26(27)34-28(36)15-18-5-6-19(13-23(18)32)25-3-2-4-29(35-25)40-17-21-7-9-22(31)16-24(21)33/h2-10,13-14,16H,11-12,15,17H2,1H3,(H,37,38). The van der Waals surface area contributed by atoms with Crippen molar-refractivity contribution in [3.63, 3.8) is 0 Å². The number of benzene rings is 3. The molecular formula is C30H24ClF2N3O4. The molecule has 0 bridgehead atoms. The number of aromatic carboxylic acids is 1. The number of carboxylic acids is 1. The summed E-state index contributed by atoms with van der Waals surface area (Å²) in [6.45, 7) is 0.776. The monoisotopic (exact) mass is 563 g/mol. The molecular weight excluding hydrogens is 540 g/mol. The molecule has 3 aromatic carbocycles. The lowest BCUT2D eigenvalue weighted by molar-refractivity contribution is 0.0697. The molecule has 7 nitrogen and oxygen atoms in total. The lowest BCUT2D eigenvalue weighted by atomic mass is 10.1. The first-order valence-electron chi connectivity index (χ1n) is 12.4. The number of aromatic nitrogens is 3. The fourth-order valence-corrected chi connectivity index (χ4v) is 4.50. The van der Waals surface area contributed by atoms with Gasteiger partial charge in [-0.3, -0.25) is 0 Å². The van der Waals surface area contributed by atoms with Gasteiger partial charge in [0.15, 0.2) is 0 Å². The zero-order valence-electron chi connectivity index (χ0n) is 21.4. The summed E-state index contributed by atoms with van der Waals surface area (Å²) in [6.07, 6.45) is 0.191. The summed E-state index contributed by atoms with van der Waals surface area (Å²) in [6, 6.07) is 19.0. The molecule has 0 unspecified atom stereocenters. The van der Waals surface area contributed by atoms with Crippen LogP contribution in [-0.2, 0) is 24.3 Å². The molecule has 2 heterocycles. The minimum Gasteiger partial charge on any atom is -0.478 e. The number of ether oxygens (including phenoxy) is 2. The van der Waals surface area contributed by atoms with Crippen molar-refractivity contribution in [2.45, 2.75) is 19.6 Å². The average Bonchev–Trinajstić information content (AvgIpc) is 3.28. The van der Waals surface area contributed by atoms with Gasteiger partial charge in [-0.25, -0.2) is 23.5 Å². The first-order chi connectivity index (χ1) is 19.3. The lowest BCUT2D eigenvalue weighted by Gasteiger charge is -2.11. The molecule has 0 aliphatic heterocycles. The van der Waals surface area contributed by atoms with Crippen LogP contribution in [-0.4, -0.2) is 39.3 Å². The highest BCUT2D eigenvalue weighted by Crippen LogP contribution is 2.26. The SMILES string of the molecule is COCCn1c(Cc2ccc(-c3cccc(OCc4ccc(Cl)cc4F)n3)cc2F)nc2ccc(C(=O)O)cc21. The summed E-state index contributed by atoms with van der Waals surface area (Å²) in [4.78, 5) is 20.6. The zero-order chi connectivity index (χ0) is 28.2. The van der Waals surface area contributed by atoms with Gasteiger partial charge in [-0.15, -0.1) is 0 Å². The van der Waals surface area contributed by atoms with Gasteiger partial charge in [0.05, 0.1) is 28.9 Å². The molecule has 5 rings (SSSR count). The first-order valence-corrected chi connectivity index (χ1v) is 12.7. The van der Waals surface area contributed by atoms with Gasteiger partial charge in [-0.05, 0) is 48.0 Å². The Morgan fingerprint density at radius 3 is 2.52 bits per heavy atom. The van der Waals surface area contributed by atoms with Crippen molar-refractivity contribution < 1.29 is 28.2 Å². The second-order valence-corrected chi connectivity index (χ2v) is 9.49. The maximum absolute atomic E-state index is 15.3. The Morgan fingerprint density at radius 1 is 0.975 bits per heavy atom. The molecule has 0 spiro atoms. The number of hydrogen-bond acceptors (Lipinski definition) is 5. The number of methoxy groups -OCH3 is 1. The summed E-state index contributed by atoms with van der Waals surface area (Å²) in [5, 5.41) is 9.69. The second kappa shape index (κ2) is 11.8. The molecule has 2 aromatic heterocycles. The second-order valence-electron chi connectivity index (χ2n) is 9.05. The van der Waals surface area contributed by atoms with Crippen molar-refractivity contribution in [1.29, 1.82) is 0 Å². The predicted molar refractivity (Wildman–Crippen MR) is 147 cm³/mol. The molecule has 0 saturated heterocycles. The van der Waals surface area contributed by atoms with Crippen LogP contribution < -0.4 is 4.74 Å². The van der Waals surface area contributed by atoms with Crippen LogP contribution >= 0.6 is 11.6 Å². The number of imidazole rings is 1. The molecule has 0 atom stereocenters. The Hall–Kier alpha value is -4.34. The topological polar surface area (TPSA) is 86.5 Å². The molecule has 0 saturated carbocycles. The van der Waals surface area contributed by atoms with Crippen molar-refractivity contribution in [1.82, 2.24) is 14.5 Å². The fourth-order valence-electron chi connectivity index (χ4n) is 4.34. The lowest BCUT2D eigenvalue weighted by Crippen LogP contribution is -2.10. The molecule has 0 aliphatic rings. The Kier molecular flexibility index (Phi) is 8.04. The summed E-state index contributed by atoms with van der Waals surface area (Å²) in [5.74, 6) is -1.09. The number of hydrogen-bond donors (Lipinski definition) is 1. The van der Waals surface area contributed by atoms with Crippen molar-refractivity contribution in [2.24, 2.45) is 0 Å². The third-order valence-electron chi connectivity index (χ3n) is 6.40. The smallest absolute Gasteiger partial charge is 0.335 e. The van der Waals surface area contributed by atoms with Crippen LogP contribution in [0.25, 0.3) is 22.3 Å². The Labute approximate surface area is 233 Å². The van der Waals surface area contributed by atoms with Gasteiger partial charge in [0.2, 0.25) is 5.88 Å². The van der Waals surface area contributed by atoms with Crippen LogP contribution in [0.15, 0.2) is 72.8 Å². The van der Waals surface area contributed by atoms with Crippen LogP contribution in [0.2, 0.25) is 5.02 Å². The van der Waals surface area contributed by atoms with Crippen LogP contribution in [0.4, 0.5) is 8.78 Å². The van der Waals surface area contributed by atoms with Gasteiger partial charge in [-0.1, -0.05) is 35.9 Å². The van der Waals surface area contributed by atoms with Gasteiger partial charge in [-0.2, -0.15) is 0 Å². The van der Waals surface area contributed by atoms with Crippen LogP contribution in [0, 0.1) is 11.6 Å². The summed E-state index contributed by atoms with van der Waals surface area (Å²) < 4.78 is 42.1. The highest BCUT2D eigenvalue weighted by molar-refractivity contribution is 6.30. The van der Waals surface area contributed by atoms with E-state index in [1.807, 2.05) is 4.57 Å². The zero-order valence-corrected chi connectivity index (χ0v) is 22.2. The van der Waals surface area contributed by atoms with Crippen molar-refractivity contribution >= 4 is 28.6 Å². The number of nitrogens with zero attached hydrogens (tertiary/aromatic N) is 3. The van der Waals surface area contributed by atoms with E-state index in [4.69, 9.17) is 21.1 Å². The Bertz CT molecular complexity index is 1710. The fraction of sp³-hybridized carbons (Fsp3) is 0.167. The normalized spacial score (nSPS) is 11.2. The van der Waals surface area contributed by atoms with Gasteiger partial charge in [0.25, 0.3) is 0 Å². The van der Waals surface area contributed by atoms with E-state index < -0.39 is 17.6 Å². The van der Waals surface area contributed by atoms with Gasteiger partial charge < -0.3 is 19.1 Å². The number of carboxylic acid groups (broad SMARTS) is 1. The molecule has 0 amide bonds. The van der Waals surface area contributed by atoms with Gasteiger partial charge in [0, 0.05) is 42.3 Å². The third-order valence-corrected chi connectivity index (χ3v) is 6.64. The summed E-state index contributed by atoms with van der Waals surface area (Å²) >= 11 is 5.80. The van der Waals surface area contributed by atoms with E-state index in [1.165, 1.54) is 18.2 Å². The van der Waals surface area contributed by atoms with Crippen molar-refractivity contribution in [3.05, 3.63) is 112 Å². The molecule has 204 valence electrons. The number of fused-ring (bicyclic) bond motifs is 1. The van der Waals surface area contributed by atoms with E-state index >= 15 is 4.39 Å². The van der Waals surface area contributed by atoms with Crippen LogP contribution in [0.5, 0.6) is 5.88 Å². The minimum absolute atomic E-state index is 0.0369. The van der Waals surface area contributed by atoms with Crippen molar-refractivity contribution in [2.75, 3.05) is 13.7 Å². The number of carbonyl (C=O) groups is 1. The largest absolute Gasteiger partial charge is 0.478 e. The highest BCUT2D eigenvalue weighted by Gasteiger charge is 2.16. The number of pyridine rings is 1. The number of halogens is 3. The van der Waals surface area contributed by atoms with Crippen molar-refractivity contribution in [3.8, 4) is 17.1 Å². The Balaban J connectivity index is 1.37. The molecule has 40 heavy (non-hydrogen) atoms. The molecule has 0 fully saturated rings. The summed E-state index contributed by atoms with van der Waals surface area (Å²) in [5.41, 5.74) is 3.20. The van der Waals surface area contributed by atoms with E-state index in [0.717, 1.165) is 0 Å². The van der Waals surface area contributed by atoms with Gasteiger partial charge in [0.1, 0.15) is 24.1 Å². The van der Waals surface area contributed by atoms with E-state index in [0.29, 0.717) is 57.4 Å². The molecule has 1 N–H and O–H groups in total. The first kappa shape index (κ1) is 27.2. The highest BCUT2D eigenvalue weighted by atomic mass is 35.5. The maximum atomic E-state index is 15.3. The van der Waals surface area contributed by atoms with Crippen LogP contribution in [0.3, 0.4) is 0 Å². The van der Waals surface area contributed by atoms with Crippen LogP contribution in [0.1, 0.15) is 27.3 Å². The third kappa shape index (κ3) is 5.95. The van der Waals surface area contributed by atoms with E-state index in [2.05, 4.69) is 9.97 Å². The average molecular weight is 564 g/mol. The van der Waals surface area contributed by atoms with E-state index in [-0.39, 0.29) is 24.5 Å². The van der Waals surface area contributed by atoms with E-state index in [1.54, 1.807) is 61.7 Å². The van der Waals surface area contributed by atoms with Gasteiger partial charge >= 0.3 is 5.97 Å². The summed E-state index contributed by atoms with van der Waals surface area (Å²) in [7, 11) is 1.57. The molecule has 10 heteroatoms. The minimum atomic E-state index is -1.04.